The number of morpholine rings is 1. The molecule has 2 aliphatic rings. The number of nitrogens with zero attached hydrogens (tertiary/aromatic N) is 4. The number of carbonyl (C=O) groups excluding carboxylic acids is 1. The summed E-state index contributed by atoms with van der Waals surface area (Å²) in [4.78, 5) is 19.9. The number of fused-ring (bicyclic) bond motifs is 1. The summed E-state index contributed by atoms with van der Waals surface area (Å²) in [6.45, 7) is 11.4. The summed E-state index contributed by atoms with van der Waals surface area (Å²) in [7, 11) is 0. The lowest BCUT2D eigenvalue weighted by Gasteiger charge is -2.38. The second-order valence-corrected chi connectivity index (χ2v) is 9.58. The Morgan fingerprint density at radius 2 is 2.06 bits per heavy atom. The maximum absolute atomic E-state index is 10.6. The minimum Gasteiger partial charge on any atom is -0.389 e. The molecule has 8 heteroatoms. The number of carbonyl (C=O) groups is 1. The maximum atomic E-state index is 10.6. The van der Waals surface area contributed by atoms with Crippen molar-refractivity contribution < 1.29 is 14.6 Å². The van der Waals surface area contributed by atoms with E-state index in [0.29, 0.717) is 18.6 Å². The third-order valence-corrected chi connectivity index (χ3v) is 6.68. The van der Waals surface area contributed by atoms with E-state index in [-0.39, 0.29) is 6.10 Å². The van der Waals surface area contributed by atoms with Crippen molar-refractivity contribution in [1.82, 2.24) is 19.2 Å². The van der Waals surface area contributed by atoms with Crippen molar-refractivity contribution in [2.75, 3.05) is 44.6 Å². The quantitative estimate of drug-likeness (QED) is 0.468. The molecule has 8 nitrogen and oxygen atoms in total. The fraction of sp³-hybridized carbons (Fsp3) is 0.600. The third kappa shape index (κ3) is 5.75. The topological polar surface area (TPSA) is 82.3 Å². The lowest BCUT2D eigenvalue weighted by molar-refractivity contribution is -0.104. The van der Waals surface area contributed by atoms with Crippen LogP contribution in [0.3, 0.4) is 0 Å². The van der Waals surface area contributed by atoms with E-state index in [1.54, 1.807) is 13.0 Å². The molecule has 2 aromatic heterocycles. The Labute approximate surface area is 196 Å². The van der Waals surface area contributed by atoms with E-state index >= 15 is 0 Å². The van der Waals surface area contributed by atoms with Crippen LogP contribution in [0.2, 0.25) is 0 Å². The van der Waals surface area contributed by atoms with Gasteiger partial charge in [0.25, 0.3) is 0 Å². The molecule has 4 heterocycles. The molecule has 0 amide bonds. The minimum atomic E-state index is -0.532. The number of imidazole rings is 1. The highest BCUT2D eigenvalue weighted by molar-refractivity contribution is 5.69. The molecule has 2 fully saturated rings. The highest BCUT2D eigenvalue weighted by atomic mass is 16.5. The van der Waals surface area contributed by atoms with Gasteiger partial charge in [-0.05, 0) is 43.4 Å². The molecule has 2 aliphatic heterocycles. The van der Waals surface area contributed by atoms with Gasteiger partial charge in [0.1, 0.15) is 6.29 Å². The van der Waals surface area contributed by atoms with Gasteiger partial charge in [-0.25, -0.2) is 4.98 Å². The number of nitrogens with one attached hydrogen (secondary N) is 1. The van der Waals surface area contributed by atoms with E-state index in [9.17, 15) is 9.90 Å². The summed E-state index contributed by atoms with van der Waals surface area (Å²) >= 11 is 0. The number of aldehydes is 1. The van der Waals surface area contributed by atoms with Gasteiger partial charge in [-0.15, -0.1) is 0 Å². The van der Waals surface area contributed by atoms with Gasteiger partial charge >= 0.3 is 0 Å². The first-order valence-corrected chi connectivity index (χ1v) is 12.1. The number of aliphatic hydroxyl groups is 1. The summed E-state index contributed by atoms with van der Waals surface area (Å²) in [6, 6.07) is 2.41. The molecule has 0 aromatic carbocycles. The average molecular weight is 456 g/mol. The van der Waals surface area contributed by atoms with Crippen molar-refractivity contribution in [3.8, 4) is 0 Å². The highest BCUT2D eigenvalue weighted by Crippen LogP contribution is 2.28. The van der Waals surface area contributed by atoms with E-state index in [1.165, 1.54) is 0 Å². The fourth-order valence-corrected chi connectivity index (χ4v) is 4.80. The van der Waals surface area contributed by atoms with E-state index in [0.717, 1.165) is 74.4 Å². The second kappa shape index (κ2) is 10.7. The van der Waals surface area contributed by atoms with Crippen molar-refractivity contribution in [2.45, 2.75) is 57.8 Å². The normalized spacial score (nSPS) is 21.8. The van der Waals surface area contributed by atoms with Crippen LogP contribution < -0.4 is 5.32 Å². The Hall–Kier alpha value is -2.42. The molecule has 1 unspecified atom stereocenters. The molecule has 2 atom stereocenters. The number of piperidine rings is 1. The number of ether oxygens (including phenoxy) is 1. The van der Waals surface area contributed by atoms with Crippen LogP contribution in [0.15, 0.2) is 30.7 Å². The van der Waals surface area contributed by atoms with Gasteiger partial charge in [-0.1, -0.05) is 13.8 Å². The standard InChI is InChI=1S/C25H37N5O3/c1-18(2)24-14-26-25-23(13-20(19(3)32)15-30(24)25)27-21-5-8-29(9-6-21)17-22-16-28(7-4-11-31)10-12-33-22/h4,7,11,13-15,18-19,21-22,27,32H,5-6,8-10,12,16-17H2,1-3H3/t19?,22-/m0/s1. The molecule has 0 spiro atoms. The Kier molecular flexibility index (Phi) is 7.67. The SMILES string of the molecule is CC(C)c1cnc2c(NC3CCN(C[C@@H]4CN(C=CC=O)CCO4)CC3)cc(C(C)O)cn12. The Bertz CT molecular complexity index is 962. The van der Waals surface area contributed by atoms with Gasteiger partial charge in [-0.3, -0.25) is 4.79 Å². The van der Waals surface area contributed by atoms with Crippen LogP contribution in [0.1, 0.15) is 56.9 Å². The van der Waals surface area contributed by atoms with Gasteiger partial charge in [0, 0.05) is 63.1 Å². The van der Waals surface area contributed by atoms with Crippen LogP contribution in [0, 0.1) is 0 Å². The third-order valence-electron chi connectivity index (χ3n) is 6.68. The molecule has 2 saturated heterocycles. The second-order valence-electron chi connectivity index (χ2n) is 9.58. The first-order chi connectivity index (χ1) is 15.9. The Morgan fingerprint density at radius 1 is 1.27 bits per heavy atom. The molecular formula is C25H37N5O3. The zero-order valence-electron chi connectivity index (χ0n) is 20.0. The number of aliphatic hydroxyl groups excluding tert-OH is 1. The number of hydrogen-bond donors (Lipinski definition) is 2. The largest absolute Gasteiger partial charge is 0.389 e. The number of likely N-dealkylation sites (tertiary alicyclic amines) is 1. The number of rotatable bonds is 8. The molecule has 0 radical (unpaired) electrons. The molecule has 33 heavy (non-hydrogen) atoms. The van der Waals surface area contributed by atoms with E-state index in [1.807, 2.05) is 24.7 Å². The predicted octanol–water partition coefficient (Wildman–Crippen LogP) is 2.80. The lowest BCUT2D eigenvalue weighted by atomic mass is 10.0. The van der Waals surface area contributed by atoms with E-state index in [4.69, 9.17) is 4.74 Å². The van der Waals surface area contributed by atoms with E-state index in [2.05, 4.69) is 38.3 Å². The van der Waals surface area contributed by atoms with Crippen molar-refractivity contribution in [2.24, 2.45) is 0 Å². The molecule has 2 N–H and O–H groups in total. The van der Waals surface area contributed by atoms with Crippen LogP contribution in [0.5, 0.6) is 0 Å². The fourth-order valence-electron chi connectivity index (χ4n) is 4.80. The van der Waals surface area contributed by atoms with Gasteiger partial charge < -0.3 is 29.4 Å². The predicted molar refractivity (Wildman–Crippen MR) is 130 cm³/mol. The molecule has 0 bridgehead atoms. The summed E-state index contributed by atoms with van der Waals surface area (Å²) in [5.41, 5.74) is 3.96. The van der Waals surface area contributed by atoms with Crippen molar-refractivity contribution in [1.29, 1.82) is 0 Å². The molecule has 0 aliphatic carbocycles. The molecule has 2 aromatic rings. The number of aromatic nitrogens is 2. The number of allylic oxidation sites excluding steroid dienone is 1. The summed E-state index contributed by atoms with van der Waals surface area (Å²) in [6.07, 6.45) is 9.91. The van der Waals surface area contributed by atoms with Crippen molar-refractivity contribution in [3.63, 3.8) is 0 Å². The van der Waals surface area contributed by atoms with Crippen molar-refractivity contribution in [3.05, 3.63) is 42.0 Å². The lowest BCUT2D eigenvalue weighted by Crippen LogP contribution is -2.48. The smallest absolute Gasteiger partial charge is 0.160 e. The number of hydrogen-bond acceptors (Lipinski definition) is 7. The monoisotopic (exact) mass is 455 g/mol. The highest BCUT2D eigenvalue weighted by Gasteiger charge is 2.25. The molecular weight excluding hydrogens is 418 g/mol. The first kappa shape index (κ1) is 23.7. The van der Waals surface area contributed by atoms with Crippen LogP contribution in [-0.4, -0.2) is 82.1 Å². The number of pyridine rings is 1. The summed E-state index contributed by atoms with van der Waals surface area (Å²) < 4.78 is 8.08. The van der Waals surface area contributed by atoms with Crippen LogP contribution in [0.4, 0.5) is 5.69 Å². The van der Waals surface area contributed by atoms with Crippen LogP contribution >= 0.6 is 0 Å². The van der Waals surface area contributed by atoms with E-state index < -0.39 is 6.10 Å². The maximum Gasteiger partial charge on any atom is 0.160 e. The summed E-state index contributed by atoms with van der Waals surface area (Å²) in [5.74, 6) is 0.354. The Balaban J connectivity index is 1.37. The minimum absolute atomic E-state index is 0.168. The number of anilines is 1. The zero-order chi connectivity index (χ0) is 23.4. The Morgan fingerprint density at radius 3 is 2.76 bits per heavy atom. The van der Waals surface area contributed by atoms with Gasteiger partial charge in [-0.2, -0.15) is 0 Å². The van der Waals surface area contributed by atoms with Crippen molar-refractivity contribution >= 4 is 17.6 Å². The molecule has 0 saturated carbocycles. The molecule has 180 valence electrons. The summed E-state index contributed by atoms with van der Waals surface area (Å²) in [5, 5.41) is 14.0. The van der Waals surface area contributed by atoms with Gasteiger partial charge in [0.15, 0.2) is 5.65 Å². The van der Waals surface area contributed by atoms with Gasteiger partial charge in [0.2, 0.25) is 0 Å². The first-order valence-electron chi connectivity index (χ1n) is 12.1. The zero-order valence-corrected chi connectivity index (χ0v) is 20.0. The van der Waals surface area contributed by atoms with Crippen LogP contribution in [0.25, 0.3) is 5.65 Å². The molecule has 4 rings (SSSR count). The average Bonchev–Trinajstić information content (AvgIpc) is 3.24. The van der Waals surface area contributed by atoms with Crippen LogP contribution in [-0.2, 0) is 9.53 Å². The van der Waals surface area contributed by atoms with Gasteiger partial charge in [0.05, 0.1) is 24.5 Å².